The summed E-state index contributed by atoms with van der Waals surface area (Å²) in [6.07, 6.45) is 0. The molecule has 0 unspecified atom stereocenters. The van der Waals surface area contributed by atoms with Gasteiger partial charge in [0.15, 0.2) is 0 Å². The summed E-state index contributed by atoms with van der Waals surface area (Å²) in [4.78, 5) is 6.83. The fourth-order valence-corrected chi connectivity index (χ4v) is 4.28. The van der Waals surface area contributed by atoms with Crippen molar-refractivity contribution >= 4 is 23.1 Å². The first-order valence-corrected chi connectivity index (χ1v) is 8.90. The lowest BCUT2D eigenvalue weighted by atomic mass is 10.1. The van der Waals surface area contributed by atoms with Crippen molar-refractivity contribution in [3.8, 4) is 11.5 Å². The highest BCUT2D eigenvalue weighted by Gasteiger charge is 2.25. The van der Waals surface area contributed by atoms with Crippen molar-refractivity contribution in [1.29, 1.82) is 0 Å². The summed E-state index contributed by atoms with van der Waals surface area (Å²) in [6, 6.07) is 11.8. The van der Waals surface area contributed by atoms with E-state index in [1.807, 2.05) is 18.2 Å². The van der Waals surface area contributed by atoms with E-state index in [1.165, 1.54) is 10.6 Å². The topological polar surface area (TPSA) is 35.9 Å². The molecule has 5 heteroatoms. The smallest absolute Gasteiger partial charge is 0.121 e. The molecule has 4 nitrogen and oxygen atoms in total. The zero-order valence-corrected chi connectivity index (χ0v) is 15.4. The molecule has 128 valence electrons. The molecule has 1 aliphatic rings. The second-order valence-electron chi connectivity index (χ2n) is 6.57. The molecule has 0 fully saturated rings. The Morgan fingerprint density at radius 1 is 1.12 bits per heavy atom. The van der Waals surface area contributed by atoms with E-state index in [0.717, 1.165) is 29.4 Å². The van der Waals surface area contributed by atoms with Gasteiger partial charge in [0.05, 0.1) is 18.5 Å². The number of hydrogen-bond donors (Lipinski definition) is 1. The van der Waals surface area contributed by atoms with Crippen LogP contribution in [0.25, 0.3) is 0 Å². The van der Waals surface area contributed by atoms with Crippen molar-refractivity contribution in [2.75, 3.05) is 39.2 Å². The highest BCUT2D eigenvalue weighted by atomic mass is 32.2. The van der Waals surface area contributed by atoms with Gasteiger partial charge < -0.3 is 19.6 Å². The molecule has 0 aromatic heterocycles. The number of hydrogen-bond acceptors (Lipinski definition) is 5. The van der Waals surface area contributed by atoms with Gasteiger partial charge in [-0.1, -0.05) is 18.7 Å². The summed E-state index contributed by atoms with van der Waals surface area (Å²) in [5, 5.41) is 9.85. The van der Waals surface area contributed by atoms with Crippen LogP contribution in [0.4, 0.5) is 11.4 Å². The lowest BCUT2D eigenvalue weighted by molar-refractivity contribution is 0.342. The Bertz CT molecular complexity index is 733. The molecule has 0 radical (unpaired) electrons. The highest BCUT2D eigenvalue weighted by molar-refractivity contribution is 7.99. The number of phenolic OH excluding ortho intramolecular Hbond substituents is 1. The summed E-state index contributed by atoms with van der Waals surface area (Å²) < 4.78 is 5.42. The molecule has 1 N–H and O–H groups in total. The molecule has 2 aromatic rings. The van der Waals surface area contributed by atoms with Crippen molar-refractivity contribution < 1.29 is 9.84 Å². The van der Waals surface area contributed by atoms with Crippen LogP contribution in [0.2, 0.25) is 0 Å². The van der Waals surface area contributed by atoms with Gasteiger partial charge in [0, 0.05) is 28.9 Å². The fraction of sp³-hybridized carbons (Fsp3) is 0.368. The summed E-state index contributed by atoms with van der Waals surface area (Å²) in [7, 11) is 5.90. The standard InChI is InChI=1S/C19H24N2O2S/c1-13(11-20(2)3)12-21-16-7-5-14(22)9-19(16)24-18-8-6-15(23-4)10-17(18)21/h5-10,13,22H,11-12H2,1-4H3/t13-/m0/s1. The van der Waals surface area contributed by atoms with Gasteiger partial charge in [0.25, 0.3) is 0 Å². The van der Waals surface area contributed by atoms with Crippen LogP contribution in [0, 0.1) is 5.92 Å². The molecule has 2 aromatic carbocycles. The van der Waals surface area contributed by atoms with E-state index < -0.39 is 0 Å². The second kappa shape index (κ2) is 6.95. The lowest BCUT2D eigenvalue weighted by Gasteiger charge is -2.35. The zero-order valence-electron chi connectivity index (χ0n) is 14.6. The molecule has 0 spiro atoms. The zero-order chi connectivity index (χ0) is 17.3. The van der Waals surface area contributed by atoms with Crippen LogP contribution >= 0.6 is 11.8 Å². The lowest BCUT2D eigenvalue weighted by Crippen LogP contribution is -2.31. The predicted octanol–water partition coefficient (Wildman–Crippen LogP) is 4.20. The first kappa shape index (κ1) is 17.0. The van der Waals surface area contributed by atoms with Crippen molar-refractivity contribution in [2.45, 2.75) is 16.7 Å². The Balaban J connectivity index is 2.01. The van der Waals surface area contributed by atoms with E-state index in [2.05, 4.69) is 43.0 Å². The number of nitrogens with zero attached hydrogens (tertiary/aromatic N) is 2. The van der Waals surface area contributed by atoms with Crippen molar-refractivity contribution in [1.82, 2.24) is 4.90 Å². The van der Waals surface area contributed by atoms with Gasteiger partial charge in [-0.15, -0.1) is 0 Å². The van der Waals surface area contributed by atoms with Gasteiger partial charge in [-0.2, -0.15) is 0 Å². The minimum absolute atomic E-state index is 0.305. The molecular weight excluding hydrogens is 320 g/mol. The third-order valence-electron chi connectivity index (χ3n) is 4.08. The van der Waals surface area contributed by atoms with Crippen LogP contribution < -0.4 is 9.64 Å². The first-order valence-electron chi connectivity index (χ1n) is 8.09. The van der Waals surface area contributed by atoms with Crippen molar-refractivity contribution in [3.63, 3.8) is 0 Å². The molecule has 1 heterocycles. The molecule has 0 saturated carbocycles. The van der Waals surface area contributed by atoms with E-state index in [9.17, 15) is 5.11 Å². The summed E-state index contributed by atoms with van der Waals surface area (Å²) in [5.41, 5.74) is 2.31. The SMILES string of the molecule is COc1ccc2c(c1)N(C[C@@H](C)CN(C)C)c1ccc(O)cc1S2. The van der Waals surface area contributed by atoms with E-state index in [4.69, 9.17) is 4.74 Å². The third-order valence-corrected chi connectivity index (χ3v) is 5.19. The van der Waals surface area contributed by atoms with Crippen LogP contribution in [-0.4, -0.2) is 44.3 Å². The maximum atomic E-state index is 9.85. The maximum Gasteiger partial charge on any atom is 0.121 e. The van der Waals surface area contributed by atoms with Gasteiger partial charge >= 0.3 is 0 Å². The van der Waals surface area contributed by atoms with Crippen LogP contribution in [0.3, 0.4) is 0 Å². The average molecular weight is 344 g/mol. The number of rotatable bonds is 5. The van der Waals surface area contributed by atoms with Crippen LogP contribution in [0.5, 0.6) is 11.5 Å². The number of ether oxygens (including phenoxy) is 1. The Hall–Kier alpha value is -1.85. The molecule has 0 amide bonds. The largest absolute Gasteiger partial charge is 0.508 e. The minimum Gasteiger partial charge on any atom is -0.508 e. The van der Waals surface area contributed by atoms with E-state index >= 15 is 0 Å². The Morgan fingerprint density at radius 3 is 2.62 bits per heavy atom. The highest BCUT2D eigenvalue weighted by Crippen LogP contribution is 2.50. The number of benzene rings is 2. The van der Waals surface area contributed by atoms with Gasteiger partial charge in [0.1, 0.15) is 11.5 Å². The van der Waals surface area contributed by atoms with E-state index in [-0.39, 0.29) is 0 Å². The average Bonchev–Trinajstić information content (AvgIpc) is 2.53. The van der Waals surface area contributed by atoms with Crippen molar-refractivity contribution in [2.24, 2.45) is 5.92 Å². The molecule has 3 rings (SSSR count). The summed E-state index contributed by atoms with van der Waals surface area (Å²) >= 11 is 1.69. The fourth-order valence-electron chi connectivity index (χ4n) is 3.17. The predicted molar refractivity (Wildman–Crippen MR) is 99.9 cm³/mol. The molecule has 24 heavy (non-hydrogen) atoms. The molecule has 0 aliphatic carbocycles. The van der Waals surface area contributed by atoms with Crippen LogP contribution in [0.1, 0.15) is 6.92 Å². The van der Waals surface area contributed by atoms with E-state index in [1.54, 1.807) is 24.9 Å². The quantitative estimate of drug-likeness (QED) is 0.879. The summed E-state index contributed by atoms with van der Waals surface area (Å²) in [6.45, 7) is 4.20. The number of anilines is 2. The normalized spacial score (nSPS) is 14.3. The van der Waals surface area contributed by atoms with Gasteiger partial charge in [0.2, 0.25) is 0 Å². The second-order valence-corrected chi connectivity index (χ2v) is 7.65. The molecule has 0 saturated heterocycles. The molecular formula is C19H24N2O2S. The van der Waals surface area contributed by atoms with E-state index in [0.29, 0.717) is 11.7 Å². The van der Waals surface area contributed by atoms with Gasteiger partial charge in [-0.25, -0.2) is 0 Å². The number of fused-ring (bicyclic) bond motifs is 2. The van der Waals surface area contributed by atoms with Crippen molar-refractivity contribution in [3.05, 3.63) is 36.4 Å². The number of phenols is 1. The van der Waals surface area contributed by atoms with Crippen LogP contribution in [-0.2, 0) is 0 Å². The Labute approximate surface area is 148 Å². The monoisotopic (exact) mass is 344 g/mol. The van der Waals surface area contributed by atoms with Gasteiger partial charge in [-0.05, 0) is 50.3 Å². The first-order chi connectivity index (χ1) is 11.5. The summed E-state index contributed by atoms with van der Waals surface area (Å²) in [5.74, 6) is 1.67. The molecule has 1 aliphatic heterocycles. The Morgan fingerprint density at radius 2 is 1.92 bits per heavy atom. The van der Waals surface area contributed by atoms with Crippen LogP contribution in [0.15, 0.2) is 46.2 Å². The van der Waals surface area contributed by atoms with Gasteiger partial charge in [-0.3, -0.25) is 0 Å². The molecule has 0 bridgehead atoms. The number of methoxy groups -OCH3 is 1. The minimum atomic E-state index is 0.305. The maximum absolute atomic E-state index is 9.85. The number of aromatic hydroxyl groups is 1. The molecule has 1 atom stereocenters. The third kappa shape index (κ3) is 3.47. The Kier molecular flexibility index (Phi) is 4.92.